The van der Waals surface area contributed by atoms with Gasteiger partial charge in [0, 0.05) is 11.8 Å². The van der Waals surface area contributed by atoms with E-state index in [1.165, 1.54) is 24.3 Å². The molecule has 0 bridgehead atoms. The van der Waals surface area contributed by atoms with Crippen molar-refractivity contribution in [1.82, 2.24) is 4.90 Å². The zero-order valence-electron chi connectivity index (χ0n) is 7.88. The van der Waals surface area contributed by atoms with Gasteiger partial charge >= 0.3 is 0 Å². The molecular weight excluding hydrogens is 170 g/mol. The van der Waals surface area contributed by atoms with Gasteiger partial charge in [0.1, 0.15) is 5.78 Å². The summed E-state index contributed by atoms with van der Waals surface area (Å²) < 4.78 is 0. The molecule has 70 valence electrons. The Kier molecular flexibility index (Phi) is 4.09. The van der Waals surface area contributed by atoms with E-state index in [0.717, 1.165) is 0 Å². The number of likely N-dealkylation sites (N-methyl/N-ethyl adjacent to an activating group) is 1. The molecule has 0 amide bonds. The van der Waals surface area contributed by atoms with E-state index in [2.05, 4.69) is 11.9 Å². The molecule has 1 heterocycles. The molecule has 0 saturated carbocycles. The maximum atomic E-state index is 10.8. The molecule has 3 heteroatoms. The maximum absolute atomic E-state index is 10.8. The van der Waals surface area contributed by atoms with Gasteiger partial charge in [0.2, 0.25) is 0 Å². The summed E-state index contributed by atoms with van der Waals surface area (Å²) in [5.74, 6) is 2.77. The van der Waals surface area contributed by atoms with Gasteiger partial charge in [-0.1, -0.05) is 0 Å². The highest BCUT2D eigenvalue weighted by Crippen LogP contribution is 2.20. The van der Waals surface area contributed by atoms with Crippen LogP contribution in [0.5, 0.6) is 0 Å². The lowest BCUT2D eigenvalue weighted by Crippen LogP contribution is -2.38. The van der Waals surface area contributed by atoms with E-state index in [4.69, 9.17) is 0 Å². The van der Waals surface area contributed by atoms with Crippen molar-refractivity contribution in [2.75, 3.05) is 25.1 Å². The molecule has 1 atom stereocenters. The zero-order chi connectivity index (χ0) is 8.97. The predicted octanol–water partition coefficient (Wildman–Crippen LogP) is 1.40. The second-order valence-electron chi connectivity index (χ2n) is 3.49. The lowest BCUT2D eigenvalue weighted by atomic mass is 10.1. The first-order chi connectivity index (χ1) is 5.70. The Morgan fingerprint density at radius 3 is 2.92 bits per heavy atom. The largest absolute Gasteiger partial charge is 0.299 e. The van der Waals surface area contributed by atoms with Crippen LogP contribution in [0.25, 0.3) is 0 Å². The van der Waals surface area contributed by atoms with Crippen LogP contribution in [0.3, 0.4) is 0 Å². The fraction of sp³-hybridized carbons (Fsp3) is 0.889. The van der Waals surface area contributed by atoms with Crippen molar-refractivity contribution in [2.45, 2.75) is 25.8 Å². The molecule has 0 N–H and O–H groups in total. The summed E-state index contributed by atoms with van der Waals surface area (Å²) in [6.45, 7) is 2.28. The average Bonchev–Trinajstić information content (AvgIpc) is 2.05. The van der Waals surface area contributed by atoms with E-state index in [-0.39, 0.29) is 5.78 Å². The fourth-order valence-corrected chi connectivity index (χ4v) is 2.78. The summed E-state index contributed by atoms with van der Waals surface area (Å²) in [7, 11) is 2.05. The summed E-state index contributed by atoms with van der Waals surface area (Å²) >= 11 is 2.01. The molecule has 1 fully saturated rings. The number of Topliss-reactive ketones (excluding diaryl/α,β-unsaturated/α-hetero) is 1. The Morgan fingerprint density at radius 1 is 1.67 bits per heavy atom. The van der Waals surface area contributed by atoms with Gasteiger partial charge in [0.05, 0.1) is 6.54 Å². The molecule has 12 heavy (non-hydrogen) atoms. The van der Waals surface area contributed by atoms with Crippen LogP contribution in [-0.2, 0) is 4.79 Å². The highest BCUT2D eigenvalue weighted by atomic mass is 32.2. The normalized spacial score (nSPS) is 24.4. The molecule has 2 nitrogen and oxygen atoms in total. The van der Waals surface area contributed by atoms with E-state index >= 15 is 0 Å². The molecule has 0 aromatic carbocycles. The van der Waals surface area contributed by atoms with Crippen molar-refractivity contribution in [3.63, 3.8) is 0 Å². The van der Waals surface area contributed by atoms with Crippen molar-refractivity contribution < 1.29 is 4.79 Å². The number of ketones is 1. The first-order valence-electron chi connectivity index (χ1n) is 4.47. The van der Waals surface area contributed by atoms with Gasteiger partial charge < -0.3 is 0 Å². The lowest BCUT2D eigenvalue weighted by molar-refractivity contribution is -0.118. The third kappa shape index (κ3) is 3.15. The minimum atomic E-state index is 0.271. The molecule has 0 aromatic heterocycles. The monoisotopic (exact) mass is 187 g/mol. The van der Waals surface area contributed by atoms with Crippen molar-refractivity contribution in [3.05, 3.63) is 0 Å². The Balaban J connectivity index is 2.29. The molecule has 0 aliphatic carbocycles. The third-order valence-corrected chi connectivity index (χ3v) is 3.43. The molecule has 1 aliphatic rings. The van der Waals surface area contributed by atoms with Gasteiger partial charge in [0.25, 0.3) is 0 Å². The maximum Gasteiger partial charge on any atom is 0.143 e. The third-order valence-electron chi connectivity index (χ3n) is 2.23. The molecule has 0 spiro atoms. The quantitative estimate of drug-likeness (QED) is 0.666. The van der Waals surface area contributed by atoms with Gasteiger partial charge in [-0.2, -0.15) is 11.8 Å². The van der Waals surface area contributed by atoms with Crippen molar-refractivity contribution >= 4 is 17.5 Å². The Labute approximate surface area is 78.7 Å². The van der Waals surface area contributed by atoms with E-state index in [1.807, 2.05) is 11.8 Å². The molecular formula is C9H17NOS. The number of carbonyl (C=O) groups is 1. The number of hydrogen-bond acceptors (Lipinski definition) is 3. The highest BCUT2D eigenvalue weighted by Gasteiger charge is 2.18. The molecule has 1 unspecified atom stereocenters. The van der Waals surface area contributed by atoms with Crippen LogP contribution in [0.15, 0.2) is 0 Å². The minimum Gasteiger partial charge on any atom is -0.299 e. The van der Waals surface area contributed by atoms with Gasteiger partial charge in [-0.05, 0) is 32.6 Å². The molecule has 1 aliphatic heterocycles. The molecule has 1 rings (SSSR count). The topological polar surface area (TPSA) is 20.3 Å². The van der Waals surface area contributed by atoms with E-state index in [0.29, 0.717) is 12.6 Å². The smallest absolute Gasteiger partial charge is 0.143 e. The summed E-state index contributed by atoms with van der Waals surface area (Å²) in [6, 6.07) is 0.632. The Bertz CT molecular complexity index is 155. The number of carbonyl (C=O) groups excluding carboxylic acids is 1. The van der Waals surface area contributed by atoms with E-state index in [1.54, 1.807) is 6.92 Å². The van der Waals surface area contributed by atoms with Crippen LogP contribution in [0.4, 0.5) is 0 Å². The van der Waals surface area contributed by atoms with Crippen LogP contribution in [0, 0.1) is 0 Å². The number of rotatable bonds is 3. The second kappa shape index (κ2) is 4.87. The van der Waals surface area contributed by atoms with Crippen LogP contribution < -0.4 is 0 Å². The predicted molar refractivity (Wildman–Crippen MR) is 53.7 cm³/mol. The lowest BCUT2D eigenvalue weighted by Gasteiger charge is -2.29. The van der Waals surface area contributed by atoms with Crippen molar-refractivity contribution in [3.8, 4) is 0 Å². The minimum absolute atomic E-state index is 0.271. The average molecular weight is 187 g/mol. The van der Waals surface area contributed by atoms with Crippen molar-refractivity contribution in [2.24, 2.45) is 0 Å². The fourth-order valence-electron chi connectivity index (χ4n) is 1.55. The molecule has 0 aromatic rings. The van der Waals surface area contributed by atoms with Gasteiger partial charge in [0.15, 0.2) is 0 Å². The number of hydrogen-bond donors (Lipinski definition) is 0. The van der Waals surface area contributed by atoms with E-state index < -0.39 is 0 Å². The first kappa shape index (κ1) is 10.1. The van der Waals surface area contributed by atoms with Crippen LogP contribution in [-0.4, -0.2) is 41.8 Å². The van der Waals surface area contributed by atoms with E-state index in [9.17, 15) is 4.79 Å². The zero-order valence-corrected chi connectivity index (χ0v) is 8.69. The van der Waals surface area contributed by atoms with Crippen LogP contribution in [0.2, 0.25) is 0 Å². The van der Waals surface area contributed by atoms with Crippen LogP contribution >= 0.6 is 11.8 Å². The Hall–Kier alpha value is -0.0200. The van der Waals surface area contributed by atoms with Crippen LogP contribution in [0.1, 0.15) is 19.8 Å². The van der Waals surface area contributed by atoms with Gasteiger partial charge in [-0.25, -0.2) is 0 Å². The number of nitrogens with zero attached hydrogens (tertiary/aromatic N) is 1. The molecule has 1 saturated heterocycles. The summed E-state index contributed by atoms with van der Waals surface area (Å²) in [5.41, 5.74) is 0. The SMILES string of the molecule is CC(=O)CN(C)C1CCCSC1. The first-order valence-corrected chi connectivity index (χ1v) is 5.63. The summed E-state index contributed by atoms with van der Waals surface area (Å²) in [5, 5.41) is 0. The standard InChI is InChI=1S/C9H17NOS/c1-8(11)6-10(2)9-4-3-5-12-7-9/h9H,3-7H2,1-2H3. The summed E-state index contributed by atoms with van der Waals surface area (Å²) in [6.07, 6.45) is 2.56. The second-order valence-corrected chi connectivity index (χ2v) is 4.64. The highest BCUT2D eigenvalue weighted by molar-refractivity contribution is 7.99. The van der Waals surface area contributed by atoms with Gasteiger partial charge in [-0.3, -0.25) is 9.69 Å². The van der Waals surface area contributed by atoms with Crippen molar-refractivity contribution in [1.29, 1.82) is 0 Å². The Morgan fingerprint density at radius 2 is 2.42 bits per heavy atom. The summed E-state index contributed by atoms with van der Waals surface area (Å²) in [4.78, 5) is 13.0. The molecule has 0 radical (unpaired) electrons. The van der Waals surface area contributed by atoms with Gasteiger partial charge in [-0.15, -0.1) is 0 Å². The number of thioether (sulfide) groups is 1.